The summed E-state index contributed by atoms with van der Waals surface area (Å²) < 4.78 is 23.4. The van der Waals surface area contributed by atoms with Gasteiger partial charge in [-0.1, -0.05) is 20.8 Å². The van der Waals surface area contributed by atoms with E-state index in [0.29, 0.717) is 25.2 Å². The molecule has 0 atom stereocenters. The molecule has 8 heteroatoms. The van der Waals surface area contributed by atoms with E-state index in [4.69, 9.17) is 10.7 Å². The average molecular weight is 320 g/mol. The molecule has 2 rings (SSSR count). The third-order valence-electron chi connectivity index (χ3n) is 3.56. The SMILES string of the molecule is CCc1[nH]nc(C(=O)N2CCC(C)(C)C2)c1S(=O)(=O)Cl. The van der Waals surface area contributed by atoms with Crippen LogP contribution in [0.15, 0.2) is 4.90 Å². The van der Waals surface area contributed by atoms with E-state index in [0.717, 1.165) is 6.42 Å². The number of aromatic amines is 1. The molecule has 0 unspecified atom stereocenters. The average Bonchev–Trinajstić information content (AvgIpc) is 2.90. The lowest BCUT2D eigenvalue weighted by Crippen LogP contribution is -2.31. The molecule has 2 heterocycles. The van der Waals surface area contributed by atoms with E-state index in [-0.39, 0.29) is 21.9 Å². The van der Waals surface area contributed by atoms with Crippen molar-refractivity contribution >= 4 is 25.6 Å². The number of nitrogens with zero attached hydrogens (tertiary/aromatic N) is 2. The number of likely N-dealkylation sites (tertiary alicyclic amines) is 1. The van der Waals surface area contributed by atoms with Gasteiger partial charge in [0.15, 0.2) is 5.69 Å². The van der Waals surface area contributed by atoms with Crippen LogP contribution >= 0.6 is 10.7 Å². The van der Waals surface area contributed by atoms with Crippen LogP contribution in [0.3, 0.4) is 0 Å². The van der Waals surface area contributed by atoms with Crippen molar-refractivity contribution in [2.75, 3.05) is 13.1 Å². The minimum atomic E-state index is -4.01. The molecule has 112 valence electrons. The fourth-order valence-corrected chi connectivity index (χ4v) is 3.80. The number of hydrogen-bond donors (Lipinski definition) is 1. The summed E-state index contributed by atoms with van der Waals surface area (Å²) in [6.45, 7) is 7.10. The summed E-state index contributed by atoms with van der Waals surface area (Å²) >= 11 is 0. The van der Waals surface area contributed by atoms with Gasteiger partial charge >= 0.3 is 0 Å². The summed E-state index contributed by atoms with van der Waals surface area (Å²) in [4.78, 5) is 13.9. The minimum Gasteiger partial charge on any atom is -0.337 e. The third kappa shape index (κ3) is 2.83. The number of aromatic nitrogens is 2. The Morgan fingerprint density at radius 1 is 1.50 bits per heavy atom. The highest BCUT2D eigenvalue weighted by Crippen LogP contribution is 2.31. The predicted octanol–water partition coefficient (Wildman–Crippen LogP) is 1.77. The van der Waals surface area contributed by atoms with Crippen LogP contribution in [0.5, 0.6) is 0 Å². The standard InChI is InChI=1S/C12H18ClN3O3S/c1-4-8-10(20(13,18)19)9(15-14-8)11(17)16-6-5-12(2,3)7-16/h4-7H2,1-3H3,(H,14,15). The van der Waals surface area contributed by atoms with Gasteiger partial charge in [0.2, 0.25) is 0 Å². The first-order chi connectivity index (χ1) is 9.15. The number of carbonyl (C=O) groups is 1. The van der Waals surface area contributed by atoms with Crippen LogP contribution in [0.25, 0.3) is 0 Å². The number of hydrogen-bond acceptors (Lipinski definition) is 4. The van der Waals surface area contributed by atoms with Crippen molar-refractivity contribution in [1.29, 1.82) is 0 Å². The van der Waals surface area contributed by atoms with Crippen LogP contribution in [0.1, 0.15) is 43.4 Å². The van der Waals surface area contributed by atoms with Gasteiger partial charge in [-0.05, 0) is 18.3 Å². The van der Waals surface area contributed by atoms with Gasteiger partial charge in [-0.2, -0.15) is 5.10 Å². The number of amides is 1. The van der Waals surface area contributed by atoms with Gasteiger partial charge in [-0.25, -0.2) is 8.42 Å². The Balaban J connectivity index is 2.39. The number of rotatable bonds is 3. The van der Waals surface area contributed by atoms with E-state index >= 15 is 0 Å². The topological polar surface area (TPSA) is 83.1 Å². The lowest BCUT2D eigenvalue weighted by atomic mass is 9.93. The minimum absolute atomic E-state index is 0.0412. The molecule has 1 N–H and O–H groups in total. The highest BCUT2D eigenvalue weighted by molar-refractivity contribution is 8.13. The monoisotopic (exact) mass is 319 g/mol. The molecule has 0 saturated carbocycles. The zero-order valence-corrected chi connectivity index (χ0v) is 13.3. The Hall–Kier alpha value is -1.08. The zero-order chi connectivity index (χ0) is 15.1. The Bertz CT molecular complexity index is 636. The van der Waals surface area contributed by atoms with Crippen LogP contribution in [0.4, 0.5) is 0 Å². The first-order valence-corrected chi connectivity index (χ1v) is 8.78. The van der Waals surface area contributed by atoms with Gasteiger partial charge in [-0.3, -0.25) is 9.89 Å². The molecule has 1 amide bonds. The number of nitrogens with one attached hydrogen (secondary N) is 1. The van der Waals surface area contributed by atoms with Crippen LogP contribution in [-0.4, -0.2) is 42.5 Å². The van der Waals surface area contributed by atoms with Crippen molar-refractivity contribution in [3.05, 3.63) is 11.4 Å². The summed E-state index contributed by atoms with van der Waals surface area (Å²) in [6.07, 6.45) is 1.29. The van der Waals surface area contributed by atoms with Crippen molar-refractivity contribution in [1.82, 2.24) is 15.1 Å². The van der Waals surface area contributed by atoms with E-state index in [9.17, 15) is 13.2 Å². The van der Waals surface area contributed by atoms with Crippen molar-refractivity contribution in [3.8, 4) is 0 Å². The van der Waals surface area contributed by atoms with E-state index in [1.54, 1.807) is 11.8 Å². The van der Waals surface area contributed by atoms with Crippen molar-refractivity contribution in [2.45, 2.75) is 38.5 Å². The fraction of sp³-hybridized carbons (Fsp3) is 0.667. The Morgan fingerprint density at radius 2 is 2.15 bits per heavy atom. The second-order valence-electron chi connectivity index (χ2n) is 5.81. The third-order valence-corrected chi connectivity index (χ3v) is 4.95. The van der Waals surface area contributed by atoms with Gasteiger partial charge in [-0.15, -0.1) is 0 Å². The molecule has 1 aliphatic heterocycles. The number of aryl methyl sites for hydroxylation is 1. The smallest absolute Gasteiger partial charge is 0.275 e. The molecule has 1 aromatic rings. The zero-order valence-electron chi connectivity index (χ0n) is 11.7. The maximum atomic E-state index is 12.5. The molecule has 0 aromatic carbocycles. The molecule has 6 nitrogen and oxygen atoms in total. The molecule has 0 spiro atoms. The van der Waals surface area contributed by atoms with Crippen molar-refractivity contribution in [3.63, 3.8) is 0 Å². The van der Waals surface area contributed by atoms with E-state index in [1.807, 2.05) is 0 Å². The summed E-state index contributed by atoms with van der Waals surface area (Å²) in [6, 6.07) is 0. The van der Waals surface area contributed by atoms with Crippen LogP contribution in [0, 0.1) is 5.41 Å². The molecule has 1 saturated heterocycles. The highest BCUT2D eigenvalue weighted by Gasteiger charge is 2.36. The van der Waals surface area contributed by atoms with E-state index < -0.39 is 9.05 Å². The van der Waals surface area contributed by atoms with Crippen molar-refractivity contribution < 1.29 is 13.2 Å². The van der Waals surface area contributed by atoms with Crippen LogP contribution in [-0.2, 0) is 15.5 Å². The van der Waals surface area contributed by atoms with Crippen LogP contribution < -0.4 is 0 Å². The predicted molar refractivity (Wildman–Crippen MR) is 75.3 cm³/mol. The maximum Gasteiger partial charge on any atom is 0.275 e. The molecule has 1 aromatic heterocycles. The Labute approximate surface area is 122 Å². The first kappa shape index (κ1) is 15.3. The largest absolute Gasteiger partial charge is 0.337 e. The number of halogens is 1. The lowest BCUT2D eigenvalue weighted by Gasteiger charge is -2.19. The summed E-state index contributed by atoms with van der Waals surface area (Å²) in [5.41, 5.74) is 0.302. The molecule has 1 fully saturated rings. The van der Waals surface area contributed by atoms with Gasteiger partial charge in [0, 0.05) is 23.8 Å². The molecule has 0 aliphatic carbocycles. The first-order valence-electron chi connectivity index (χ1n) is 6.47. The second kappa shape index (κ2) is 5.04. The normalized spacial score (nSPS) is 18.5. The van der Waals surface area contributed by atoms with Crippen molar-refractivity contribution in [2.24, 2.45) is 5.41 Å². The summed E-state index contributed by atoms with van der Waals surface area (Å²) in [5.74, 6) is -0.384. The fourth-order valence-electron chi connectivity index (χ4n) is 2.45. The molecular formula is C12H18ClN3O3S. The van der Waals surface area contributed by atoms with Crippen LogP contribution in [0.2, 0.25) is 0 Å². The van der Waals surface area contributed by atoms with E-state index in [2.05, 4.69) is 24.0 Å². The molecule has 0 radical (unpaired) electrons. The Morgan fingerprint density at radius 3 is 2.60 bits per heavy atom. The second-order valence-corrected chi connectivity index (χ2v) is 8.31. The quantitative estimate of drug-likeness (QED) is 0.861. The van der Waals surface area contributed by atoms with Gasteiger partial charge in [0.05, 0.1) is 5.69 Å². The molecular weight excluding hydrogens is 302 g/mol. The highest BCUT2D eigenvalue weighted by atomic mass is 35.7. The molecule has 0 bridgehead atoms. The summed E-state index contributed by atoms with van der Waals surface area (Å²) in [7, 11) is 1.43. The maximum absolute atomic E-state index is 12.5. The number of carbonyl (C=O) groups excluding carboxylic acids is 1. The molecule has 20 heavy (non-hydrogen) atoms. The van der Waals surface area contributed by atoms with Gasteiger partial charge in [0.1, 0.15) is 4.90 Å². The summed E-state index contributed by atoms with van der Waals surface area (Å²) in [5, 5.41) is 6.46. The lowest BCUT2D eigenvalue weighted by molar-refractivity contribution is 0.0768. The van der Waals surface area contributed by atoms with Gasteiger partial charge < -0.3 is 4.90 Å². The van der Waals surface area contributed by atoms with Gasteiger partial charge in [0.25, 0.3) is 15.0 Å². The number of H-pyrrole nitrogens is 1. The van der Waals surface area contributed by atoms with E-state index in [1.165, 1.54) is 0 Å². The molecule has 1 aliphatic rings. The Kier molecular flexibility index (Phi) is 3.85.